The number of hydrogen-bond acceptors (Lipinski definition) is 8. The number of thiazole rings is 2. The summed E-state index contributed by atoms with van der Waals surface area (Å²) < 4.78 is 5.00. The summed E-state index contributed by atoms with van der Waals surface area (Å²) in [6.07, 6.45) is 3.98. The SMILES string of the molecule is CCOC(=O)c1csc(C2CCN(Cc3cnc(N)s3)CC2)n1. The summed E-state index contributed by atoms with van der Waals surface area (Å²) in [5.74, 6) is 0.112. The minimum Gasteiger partial charge on any atom is -0.461 e. The number of rotatable bonds is 5. The van der Waals surface area contributed by atoms with Crippen LogP contribution < -0.4 is 5.73 Å². The lowest BCUT2D eigenvalue weighted by Gasteiger charge is -2.30. The maximum Gasteiger partial charge on any atom is 0.357 e. The van der Waals surface area contributed by atoms with Crippen molar-refractivity contribution in [2.24, 2.45) is 0 Å². The number of likely N-dealkylation sites (tertiary alicyclic amines) is 1. The fourth-order valence-electron chi connectivity index (χ4n) is 2.73. The molecule has 6 nitrogen and oxygen atoms in total. The van der Waals surface area contributed by atoms with Gasteiger partial charge in [0.25, 0.3) is 0 Å². The Hall–Kier alpha value is -1.51. The van der Waals surface area contributed by atoms with Crippen LogP contribution >= 0.6 is 22.7 Å². The van der Waals surface area contributed by atoms with Crippen molar-refractivity contribution in [2.45, 2.75) is 32.2 Å². The van der Waals surface area contributed by atoms with Gasteiger partial charge in [-0.2, -0.15) is 0 Å². The van der Waals surface area contributed by atoms with Crippen molar-refractivity contribution < 1.29 is 9.53 Å². The van der Waals surface area contributed by atoms with Crippen molar-refractivity contribution in [3.8, 4) is 0 Å². The van der Waals surface area contributed by atoms with Crippen LogP contribution in [0.2, 0.25) is 0 Å². The van der Waals surface area contributed by atoms with Crippen LogP contribution in [0.1, 0.15) is 46.1 Å². The van der Waals surface area contributed by atoms with Gasteiger partial charge in [0, 0.05) is 28.9 Å². The molecule has 0 atom stereocenters. The van der Waals surface area contributed by atoms with Gasteiger partial charge in [0.05, 0.1) is 11.6 Å². The molecule has 3 rings (SSSR count). The van der Waals surface area contributed by atoms with E-state index in [1.54, 1.807) is 35.0 Å². The molecule has 0 spiro atoms. The van der Waals surface area contributed by atoms with E-state index < -0.39 is 0 Å². The first-order chi connectivity index (χ1) is 11.2. The van der Waals surface area contributed by atoms with Crippen LogP contribution in [0.4, 0.5) is 5.13 Å². The third-order valence-corrected chi connectivity index (χ3v) is 5.71. The van der Waals surface area contributed by atoms with Gasteiger partial charge in [0.1, 0.15) is 0 Å². The zero-order chi connectivity index (χ0) is 16.2. The summed E-state index contributed by atoms with van der Waals surface area (Å²) in [5.41, 5.74) is 6.11. The minimum absolute atomic E-state index is 0.324. The number of esters is 1. The summed E-state index contributed by atoms with van der Waals surface area (Å²) in [6, 6.07) is 0. The summed E-state index contributed by atoms with van der Waals surface area (Å²) in [6.45, 7) is 5.14. The second-order valence-corrected chi connectivity index (χ2v) is 7.54. The molecule has 8 heteroatoms. The number of piperidine rings is 1. The molecule has 0 radical (unpaired) electrons. The Bertz CT molecular complexity index is 662. The molecule has 23 heavy (non-hydrogen) atoms. The second kappa shape index (κ2) is 7.37. The van der Waals surface area contributed by atoms with E-state index in [1.165, 1.54) is 4.88 Å². The average Bonchev–Trinajstić information content (AvgIpc) is 3.18. The van der Waals surface area contributed by atoms with Crippen molar-refractivity contribution in [1.82, 2.24) is 14.9 Å². The number of nitrogens with two attached hydrogens (primary N) is 1. The smallest absolute Gasteiger partial charge is 0.357 e. The summed E-state index contributed by atoms with van der Waals surface area (Å²) in [5, 5.41) is 3.48. The van der Waals surface area contributed by atoms with Crippen LogP contribution in [-0.2, 0) is 11.3 Å². The van der Waals surface area contributed by atoms with E-state index in [2.05, 4.69) is 14.9 Å². The molecular weight excluding hydrogens is 332 g/mol. The Morgan fingerprint density at radius 3 is 2.91 bits per heavy atom. The van der Waals surface area contributed by atoms with E-state index in [0.717, 1.165) is 37.5 Å². The predicted molar refractivity (Wildman–Crippen MR) is 91.8 cm³/mol. The fraction of sp³-hybridized carbons (Fsp3) is 0.533. The lowest BCUT2D eigenvalue weighted by Crippen LogP contribution is -2.32. The molecule has 1 aliphatic heterocycles. The topological polar surface area (TPSA) is 81.3 Å². The van der Waals surface area contributed by atoms with Crippen molar-refractivity contribution in [3.05, 3.63) is 27.2 Å². The molecule has 0 aliphatic carbocycles. The molecule has 0 unspecified atom stereocenters. The number of carbonyl (C=O) groups excluding carboxylic acids is 1. The van der Waals surface area contributed by atoms with Gasteiger partial charge in [-0.25, -0.2) is 14.8 Å². The first-order valence-electron chi connectivity index (χ1n) is 7.70. The lowest BCUT2D eigenvalue weighted by atomic mass is 9.97. The van der Waals surface area contributed by atoms with E-state index in [1.807, 2.05) is 6.20 Å². The molecule has 0 bridgehead atoms. The molecule has 0 aromatic carbocycles. The molecule has 2 N–H and O–H groups in total. The third kappa shape index (κ3) is 4.07. The number of carbonyl (C=O) groups is 1. The summed E-state index contributed by atoms with van der Waals surface area (Å²) in [4.78, 5) is 23.9. The van der Waals surface area contributed by atoms with E-state index in [0.29, 0.717) is 23.4 Å². The number of nitrogen functional groups attached to an aromatic ring is 1. The highest BCUT2D eigenvalue weighted by atomic mass is 32.1. The number of nitrogens with zero attached hydrogens (tertiary/aromatic N) is 3. The monoisotopic (exact) mass is 352 g/mol. The van der Waals surface area contributed by atoms with Gasteiger partial charge in [-0.1, -0.05) is 0 Å². The Morgan fingerprint density at radius 2 is 2.26 bits per heavy atom. The lowest BCUT2D eigenvalue weighted by molar-refractivity contribution is 0.0520. The van der Waals surface area contributed by atoms with Crippen LogP contribution in [0, 0.1) is 0 Å². The molecule has 0 amide bonds. The molecule has 2 aromatic heterocycles. The highest BCUT2D eigenvalue weighted by molar-refractivity contribution is 7.15. The van der Waals surface area contributed by atoms with Crippen molar-refractivity contribution in [2.75, 3.05) is 25.4 Å². The van der Waals surface area contributed by atoms with E-state index in [-0.39, 0.29) is 5.97 Å². The zero-order valence-electron chi connectivity index (χ0n) is 13.0. The van der Waals surface area contributed by atoms with Gasteiger partial charge in [0.2, 0.25) is 0 Å². The van der Waals surface area contributed by atoms with Crippen molar-refractivity contribution in [3.63, 3.8) is 0 Å². The van der Waals surface area contributed by atoms with Gasteiger partial charge >= 0.3 is 5.97 Å². The molecule has 1 fully saturated rings. The zero-order valence-corrected chi connectivity index (χ0v) is 14.7. The molecule has 124 valence electrons. The summed E-state index contributed by atoms with van der Waals surface area (Å²) >= 11 is 3.12. The van der Waals surface area contributed by atoms with Crippen LogP contribution in [0.5, 0.6) is 0 Å². The average molecular weight is 352 g/mol. The Labute approximate surface area is 143 Å². The molecule has 1 saturated heterocycles. The standard InChI is InChI=1S/C15H20N4O2S2/c1-2-21-14(20)12-9-22-13(18-12)10-3-5-19(6-4-10)8-11-7-17-15(16)23-11/h7,9-10H,2-6,8H2,1H3,(H2,16,17). The predicted octanol–water partition coefficient (Wildman–Crippen LogP) is 2.74. The number of ether oxygens (including phenoxy) is 1. The van der Waals surface area contributed by atoms with Crippen molar-refractivity contribution >= 4 is 33.8 Å². The van der Waals surface area contributed by atoms with Gasteiger partial charge < -0.3 is 10.5 Å². The molecule has 2 aromatic rings. The third-order valence-electron chi connectivity index (χ3n) is 3.89. The van der Waals surface area contributed by atoms with Crippen LogP contribution in [-0.4, -0.2) is 40.5 Å². The van der Waals surface area contributed by atoms with Gasteiger partial charge in [-0.05, 0) is 32.9 Å². The maximum atomic E-state index is 11.7. The summed E-state index contributed by atoms with van der Waals surface area (Å²) in [7, 11) is 0. The normalized spacial score (nSPS) is 16.6. The fourth-order valence-corrected chi connectivity index (χ4v) is 4.42. The first kappa shape index (κ1) is 16.4. The van der Waals surface area contributed by atoms with E-state index in [4.69, 9.17) is 10.5 Å². The van der Waals surface area contributed by atoms with E-state index >= 15 is 0 Å². The molecule has 3 heterocycles. The second-order valence-electron chi connectivity index (χ2n) is 5.51. The van der Waals surface area contributed by atoms with E-state index in [9.17, 15) is 4.79 Å². The maximum absolute atomic E-state index is 11.7. The Balaban J connectivity index is 1.53. The highest BCUT2D eigenvalue weighted by Gasteiger charge is 2.24. The number of anilines is 1. The molecular formula is C15H20N4O2S2. The van der Waals surface area contributed by atoms with Crippen LogP contribution in [0.15, 0.2) is 11.6 Å². The minimum atomic E-state index is -0.324. The number of hydrogen-bond donors (Lipinski definition) is 1. The number of aromatic nitrogens is 2. The Morgan fingerprint density at radius 1 is 1.48 bits per heavy atom. The van der Waals surface area contributed by atoms with Gasteiger partial charge in [-0.3, -0.25) is 4.90 Å². The van der Waals surface area contributed by atoms with Gasteiger partial charge in [0.15, 0.2) is 10.8 Å². The van der Waals surface area contributed by atoms with Gasteiger partial charge in [-0.15, -0.1) is 22.7 Å². The van der Waals surface area contributed by atoms with Crippen molar-refractivity contribution in [1.29, 1.82) is 0 Å². The largest absolute Gasteiger partial charge is 0.461 e. The highest BCUT2D eigenvalue weighted by Crippen LogP contribution is 2.31. The quantitative estimate of drug-likeness (QED) is 0.833. The molecule has 0 saturated carbocycles. The molecule has 1 aliphatic rings. The Kier molecular flexibility index (Phi) is 5.24. The van der Waals surface area contributed by atoms with Crippen LogP contribution in [0.25, 0.3) is 0 Å². The first-order valence-corrected chi connectivity index (χ1v) is 9.40. The van der Waals surface area contributed by atoms with Crippen LogP contribution in [0.3, 0.4) is 0 Å².